The second-order valence-corrected chi connectivity index (χ2v) is 5.62. The molecule has 3 nitrogen and oxygen atoms in total. The van der Waals surface area contributed by atoms with E-state index in [0.717, 1.165) is 24.3 Å². The van der Waals surface area contributed by atoms with Gasteiger partial charge in [0.15, 0.2) is 0 Å². The second-order valence-electron chi connectivity index (χ2n) is 5.62. The lowest BCUT2D eigenvalue weighted by Crippen LogP contribution is -2.35. The van der Waals surface area contributed by atoms with Crippen molar-refractivity contribution in [2.75, 3.05) is 0 Å². The standard InChI is InChI=1S/C15H22F2N2O/c1-10-5-7-11(8-6-10)14(19-18)12-3-2-4-13(9-12)20-15(16)17/h2-4,9-11,14-15,19H,5-8,18H2,1H3. The molecule has 1 atom stereocenters. The first-order valence-corrected chi connectivity index (χ1v) is 7.11. The molecule has 3 N–H and O–H groups in total. The number of benzene rings is 1. The first-order chi connectivity index (χ1) is 9.60. The largest absolute Gasteiger partial charge is 0.435 e. The van der Waals surface area contributed by atoms with Crippen molar-refractivity contribution in [3.63, 3.8) is 0 Å². The molecule has 0 heterocycles. The van der Waals surface area contributed by atoms with Gasteiger partial charge in [0, 0.05) is 6.04 Å². The van der Waals surface area contributed by atoms with Crippen molar-refractivity contribution in [1.29, 1.82) is 0 Å². The Labute approximate surface area is 118 Å². The van der Waals surface area contributed by atoms with Gasteiger partial charge in [0.2, 0.25) is 0 Å². The SMILES string of the molecule is CC1CCC(C(NN)c2cccc(OC(F)F)c2)CC1. The van der Waals surface area contributed by atoms with Gasteiger partial charge in [0.1, 0.15) is 5.75 Å². The average Bonchev–Trinajstić information content (AvgIpc) is 2.41. The highest BCUT2D eigenvalue weighted by atomic mass is 19.3. The monoisotopic (exact) mass is 284 g/mol. The van der Waals surface area contributed by atoms with Gasteiger partial charge < -0.3 is 4.74 Å². The summed E-state index contributed by atoms with van der Waals surface area (Å²) < 4.78 is 29.0. The molecular weight excluding hydrogens is 262 g/mol. The van der Waals surface area contributed by atoms with E-state index in [4.69, 9.17) is 5.84 Å². The summed E-state index contributed by atoms with van der Waals surface area (Å²) in [6.45, 7) is -0.539. The minimum atomic E-state index is -2.80. The third-order valence-electron chi connectivity index (χ3n) is 4.15. The minimum Gasteiger partial charge on any atom is -0.435 e. The van der Waals surface area contributed by atoms with E-state index in [2.05, 4.69) is 17.1 Å². The Morgan fingerprint density at radius 2 is 1.95 bits per heavy atom. The Bertz CT molecular complexity index is 420. The molecule has 0 aliphatic heterocycles. The molecular formula is C15H22F2N2O. The molecule has 1 aromatic carbocycles. The maximum Gasteiger partial charge on any atom is 0.387 e. The fourth-order valence-corrected chi connectivity index (χ4v) is 3.01. The average molecular weight is 284 g/mol. The summed E-state index contributed by atoms with van der Waals surface area (Å²) in [6.07, 6.45) is 4.60. The number of nitrogens with two attached hydrogens (primary N) is 1. The Balaban J connectivity index is 2.10. The Morgan fingerprint density at radius 3 is 2.55 bits per heavy atom. The van der Waals surface area contributed by atoms with Crippen LogP contribution in [0.5, 0.6) is 5.75 Å². The van der Waals surface area contributed by atoms with Gasteiger partial charge in [-0.2, -0.15) is 8.78 Å². The second kappa shape index (κ2) is 6.99. The van der Waals surface area contributed by atoms with Crippen molar-refractivity contribution in [3.8, 4) is 5.75 Å². The van der Waals surface area contributed by atoms with Crippen LogP contribution in [0, 0.1) is 11.8 Å². The molecule has 1 aliphatic carbocycles. The maximum absolute atomic E-state index is 12.3. The van der Waals surface area contributed by atoms with Crippen molar-refractivity contribution in [2.45, 2.75) is 45.3 Å². The molecule has 112 valence electrons. The molecule has 20 heavy (non-hydrogen) atoms. The van der Waals surface area contributed by atoms with Gasteiger partial charge in [0.25, 0.3) is 0 Å². The van der Waals surface area contributed by atoms with Crippen molar-refractivity contribution in [2.24, 2.45) is 17.7 Å². The van der Waals surface area contributed by atoms with Crippen LogP contribution < -0.4 is 16.0 Å². The Hall–Kier alpha value is -1.20. The first-order valence-electron chi connectivity index (χ1n) is 7.11. The van der Waals surface area contributed by atoms with Crippen LogP contribution in [0.2, 0.25) is 0 Å². The quantitative estimate of drug-likeness (QED) is 0.641. The first kappa shape index (κ1) is 15.2. The number of rotatable bonds is 5. The lowest BCUT2D eigenvalue weighted by atomic mass is 9.77. The van der Waals surface area contributed by atoms with Gasteiger partial charge in [-0.15, -0.1) is 0 Å². The molecule has 5 heteroatoms. The maximum atomic E-state index is 12.3. The van der Waals surface area contributed by atoms with Crippen LogP contribution in [0.4, 0.5) is 8.78 Å². The smallest absolute Gasteiger partial charge is 0.387 e. The van der Waals surface area contributed by atoms with E-state index in [9.17, 15) is 8.78 Å². The predicted molar refractivity (Wildman–Crippen MR) is 74.3 cm³/mol. The molecule has 1 fully saturated rings. The van der Waals surface area contributed by atoms with Crippen LogP contribution in [0.15, 0.2) is 24.3 Å². The zero-order valence-corrected chi connectivity index (χ0v) is 11.7. The summed E-state index contributed by atoms with van der Waals surface area (Å²) in [4.78, 5) is 0. The van der Waals surface area contributed by atoms with Crippen LogP contribution in [-0.4, -0.2) is 6.61 Å². The van der Waals surface area contributed by atoms with Crippen molar-refractivity contribution < 1.29 is 13.5 Å². The summed E-state index contributed by atoms with van der Waals surface area (Å²) >= 11 is 0. The van der Waals surface area contributed by atoms with Gasteiger partial charge >= 0.3 is 6.61 Å². The van der Waals surface area contributed by atoms with Crippen molar-refractivity contribution >= 4 is 0 Å². The summed E-state index contributed by atoms with van der Waals surface area (Å²) in [5.74, 6) is 7.07. The molecule has 2 rings (SSSR count). The molecule has 1 saturated carbocycles. The van der Waals surface area contributed by atoms with E-state index in [1.807, 2.05) is 6.07 Å². The van der Waals surface area contributed by atoms with Crippen LogP contribution in [0.3, 0.4) is 0 Å². The molecule has 0 amide bonds. The molecule has 0 spiro atoms. The van der Waals surface area contributed by atoms with E-state index < -0.39 is 6.61 Å². The van der Waals surface area contributed by atoms with Crippen LogP contribution in [-0.2, 0) is 0 Å². The highest BCUT2D eigenvalue weighted by Gasteiger charge is 2.26. The highest BCUT2D eigenvalue weighted by molar-refractivity contribution is 5.31. The van der Waals surface area contributed by atoms with Gasteiger partial charge in [-0.1, -0.05) is 31.9 Å². The van der Waals surface area contributed by atoms with Crippen LogP contribution >= 0.6 is 0 Å². The zero-order chi connectivity index (χ0) is 14.5. The fourth-order valence-electron chi connectivity index (χ4n) is 3.01. The van der Waals surface area contributed by atoms with Crippen LogP contribution in [0.25, 0.3) is 0 Å². The molecule has 1 aromatic rings. The normalized spacial score (nSPS) is 24.6. The van der Waals surface area contributed by atoms with E-state index in [1.54, 1.807) is 12.1 Å². The number of halogens is 2. The van der Waals surface area contributed by atoms with Crippen molar-refractivity contribution in [3.05, 3.63) is 29.8 Å². The van der Waals surface area contributed by atoms with E-state index >= 15 is 0 Å². The highest BCUT2D eigenvalue weighted by Crippen LogP contribution is 2.37. The molecule has 0 radical (unpaired) electrons. The van der Waals surface area contributed by atoms with Gasteiger partial charge in [-0.05, 0) is 42.4 Å². The minimum absolute atomic E-state index is 0.0104. The number of hydrogen-bond acceptors (Lipinski definition) is 3. The number of hydrogen-bond donors (Lipinski definition) is 2. The summed E-state index contributed by atoms with van der Waals surface area (Å²) in [5, 5.41) is 0. The van der Waals surface area contributed by atoms with Crippen molar-refractivity contribution in [1.82, 2.24) is 5.43 Å². The molecule has 1 unspecified atom stereocenters. The van der Waals surface area contributed by atoms with E-state index in [-0.39, 0.29) is 11.8 Å². The summed E-state index contributed by atoms with van der Waals surface area (Å²) in [6, 6.07) is 6.80. The number of ether oxygens (including phenoxy) is 1. The van der Waals surface area contributed by atoms with E-state index in [1.165, 1.54) is 18.9 Å². The third kappa shape index (κ3) is 3.90. The lowest BCUT2D eigenvalue weighted by Gasteiger charge is -2.32. The number of nitrogens with one attached hydrogen (secondary N) is 1. The number of hydrazine groups is 1. The summed E-state index contributed by atoms with van der Waals surface area (Å²) in [5.41, 5.74) is 3.75. The molecule has 0 aromatic heterocycles. The Kier molecular flexibility index (Phi) is 5.31. The van der Waals surface area contributed by atoms with Gasteiger partial charge in [-0.3, -0.25) is 11.3 Å². The summed E-state index contributed by atoms with van der Waals surface area (Å²) in [7, 11) is 0. The topological polar surface area (TPSA) is 47.3 Å². The molecule has 0 saturated heterocycles. The fraction of sp³-hybridized carbons (Fsp3) is 0.600. The zero-order valence-electron chi connectivity index (χ0n) is 11.7. The van der Waals surface area contributed by atoms with Gasteiger partial charge in [0.05, 0.1) is 0 Å². The lowest BCUT2D eigenvalue weighted by molar-refractivity contribution is -0.0499. The Morgan fingerprint density at radius 1 is 1.25 bits per heavy atom. The number of alkyl halides is 2. The third-order valence-corrected chi connectivity index (χ3v) is 4.15. The van der Waals surface area contributed by atoms with Crippen LogP contribution in [0.1, 0.15) is 44.2 Å². The van der Waals surface area contributed by atoms with E-state index in [0.29, 0.717) is 5.92 Å². The van der Waals surface area contributed by atoms with Gasteiger partial charge in [-0.25, -0.2) is 0 Å². The predicted octanol–water partition coefficient (Wildman–Crippen LogP) is 3.62. The molecule has 1 aliphatic rings. The molecule has 0 bridgehead atoms.